The van der Waals surface area contributed by atoms with Crippen LogP contribution in [0.3, 0.4) is 0 Å². The average Bonchev–Trinajstić information content (AvgIpc) is 2.91. The molecule has 0 amide bonds. The predicted molar refractivity (Wildman–Crippen MR) is 129 cm³/mol. The second-order valence-corrected chi connectivity index (χ2v) is 8.99. The first kappa shape index (κ1) is 29.7. The molecule has 0 radical (unpaired) electrons. The fraction of sp³-hybridized carbons (Fsp3) is 0.538. The maximum atomic E-state index is 12.7. The molecule has 6 N–H and O–H groups in total. The van der Waals surface area contributed by atoms with E-state index in [1.54, 1.807) is 12.1 Å². The first-order valence-electron chi connectivity index (χ1n) is 12.2. The number of rotatable bonds is 10. The van der Waals surface area contributed by atoms with Gasteiger partial charge in [-0.25, -0.2) is 4.79 Å². The van der Waals surface area contributed by atoms with Crippen LogP contribution in [0.1, 0.15) is 18.4 Å². The van der Waals surface area contributed by atoms with E-state index >= 15 is 0 Å². The second-order valence-electron chi connectivity index (χ2n) is 8.99. The van der Waals surface area contributed by atoms with Gasteiger partial charge in [-0.3, -0.25) is 4.79 Å². The smallest absolute Gasteiger partial charge is 0.334 e. The van der Waals surface area contributed by atoms with Crippen molar-refractivity contribution in [3.05, 3.63) is 53.1 Å². The minimum absolute atomic E-state index is 0.0530. The fourth-order valence-corrected chi connectivity index (χ4v) is 4.51. The number of esters is 2. The van der Waals surface area contributed by atoms with Crippen molar-refractivity contribution in [2.45, 2.75) is 56.1 Å². The van der Waals surface area contributed by atoms with Gasteiger partial charge in [0.1, 0.15) is 30.2 Å². The molecule has 3 rings (SSSR count). The Morgan fingerprint density at radius 3 is 2.42 bits per heavy atom. The lowest BCUT2D eigenvalue weighted by molar-refractivity contribution is -0.308. The van der Waals surface area contributed by atoms with Gasteiger partial charge in [0.2, 0.25) is 0 Å². The van der Waals surface area contributed by atoms with Crippen LogP contribution in [0.2, 0.25) is 0 Å². The molecule has 0 aromatic heterocycles. The van der Waals surface area contributed by atoms with E-state index in [0.717, 1.165) is 5.56 Å². The number of aromatic hydroxyl groups is 1. The van der Waals surface area contributed by atoms with Crippen LogP contribution in [0.4, 0.5) is 0 Å². The molecule has 12 heteroatoms. The van der Waals surface area contributed by atoms with Crippen molar-refractivity contribution < 1.29 is 59.2 Å². The summed E-state index contributed by atoms with van der Waals surface area (Å²) in [5.74, 6) is -2.07. The number of aliphatic hydroxyl groups is 5. The van der Waals surface area contributed by atoms with Crippen molar-refractivity contribution in [1.82, 2.24) is 0 Å². The van der Waals surface area contributed by atoms with Crippen LogP contribution in [0, 0.1) is 5.92 Å². The summed E-state index contributed by atoms with van der Waals surface area (Å²) in [4.78, 5) is 25.2. The van der Waals surface area contributed by atoms with Gasteiger partial charge in [-0.05, 0) is 29.7 Å². The molecule has 1 aliphatic heterocycles. The molecular weight excluding hydrogens is 504 g/mol. The Morgan fingerprint density at radius 1 is 1.08 bits per heavy atom. The van der Waals surface area contributed by atoms with Crippen LogP contribution in [0.25, 0.3) is 0 Å². The normalized spacial score (nSPS) is 30.5. The fourth-order valence-electron chi connectivity index (χ4n) is 4.51. The van der Waals surface area contributed by atoms with Crippen molar-refractivity contribution in [3.8, 4) is 5.75 Å². The topological polar surface area (TPSA) is 192 Å². The molecule has 12 nitrogen and oxygen atoms in total. The molecule has 1 saturated heterocycles. The van der Waals surface area contributed by atoms with Gasteiger partial charge in [-0.15, -0.1) is 0 Å². The minimum atomic E-state index is -1.66. The third kappa shape index (κ3) is 7.17. The Bertz CT molecular complexity index is 1000. The Kier molecular flexibility index (Phi) is 10.8. The highest BCUT2D eigenvalue weighted by molar-refractivity contribution is 5.91. The number of benzene rings is 1. The monoisotopic (exact) mass is 538 g/mol. The molecular formula is C26H34O12. The molecule has 38 heavy (non-hydrogen) atoms. The van der Waals surface area contributed by atoms with E-state index in [1.807, 2.05) is 0 Å². The molecule has 210 valence electrons. The van der Waals surface area contributed by atoms with Crippen LogP contribution < -0.4 is 0 Å². The number of methoxy groups -OCH3 is 1. The van der Waals surface area contributed by atoms with Gasteiger partial charge in [0.15, 0.2) is 6.29 Å². The van der Waals surface area contributed by atoms with Gasteiger partial charge in [0.05, 0.1) is 39.5 Å². The molecule has 1 aromatic carbocycles. The SMILES string of the molecule is COC(=O)C1=CC[C@@H](O[C@@H]2O[C@H](CO)[C@@H](O)[C@H](O)[C@H]2O)/C(=C/CO)[C@@H]1CC(=O)OCCc1ccc(O)cc1. The van der Waals surface area contributed by atoms with Gasteiger partial charge in [-0.2, -0.15) is 0 Å². The van der Waals surface area contributed by atoms with Crippen LogP contribution in [-0.4, -0.2) is 106 Å². The van der Waals surface area contributed by atoms with Gasteiger partial charge in [-0.1, -0.05) is 24.3 Å². The molecule has 0 spiro atoms. The lowest BCUT2D eigenvalue weighted by atomic mass is 9.79. The van der Waals surface area contributed by atoms with E-state index < -0.39 is 67.9 Å². The number of hydrogen-bond donors (Lipinski definition) is 6. The quantitative estimate of drug-likeness (QED) is 0.159. The van der Waals surface area contributed by atoms with E-state index in [1.165, 1.54) is 31.4 Å². The summed E-state index contributed by atoms with van der Waals surface area (Å²) in [5.41, 5.74) is 1.34. The summed E-state index contributed by atoms with van der Waals surface area (Å²) in [5, 5.41) is 59.0. The van der Waals surface area contributed by atoms with E-state index in [4.69, 9.17) is 18.9 Å². The lowest BCUT2D eigenvalue weighted by Gasteiger charge is -2.42. The summed E-state index contributed by atoms with van der Waals surface area (Å²) in [6.07, 6.45) is -5.32. The van der Waals surface area contributed by atoms with Gasteiger partial charge < -0.3 is 49.6 Å². The zero-order valence-corrected chi connectivity index (χ0v) is 20.9. The third-order valence-electron chi connectivity index (χ3n) is 6.56. The number of carbonyl (C=O) groups is 2. The number of phenolic OH excluding ortho intramolecular Hbond substituents is 1. The van der Waals surface area contributed by atoms with Crippen LogP contribution in [0.5, 0.6) is 5.75 Å². The number of carbonyl (C=O) groups excluding carboxylic acids is 2. The molecule has 1 heterocycles. The van der Waals surface area contributed by atoms with Crippen molar-refractivity contribution in [3.63, 3.8) is 0 Å². The summed E-state index contributed by atoms with van der Waals surface area (Å²) >= 11 is 0. The molecule has 2 aliphatic rings. The van der Waals surface area contributed by atoms with E-state index in [9.17, 15) is 40.2 Å². The first-order valence-corrected chi connectivity index (χ1v) is 12.2. The predicted octanol–water partition coefficient (Wildman–Crippen LogP) is -0.909. The van der Waals surface area contributed by atoms with Gasteiger partial charge >= 0.3 is 11.9 Å². The zero-order valence-electron chi connectivity index (χ0n) is 20.9. The molecule has 1 fully saturated rings. The van der Waals surface area contributed by atoms with Crippen LogP contribution >= 0.6 is 0 Å². The van der Waals surface area contributed by atoms with Gasteiger partial charge in [0, 0.05) is 17.9 Å². The average molecular weight is 539 g/mol. The molecule has 0 unspecified atom stereocenters. The number of hydrogen-bond acceptors (Lipinski definition) is 12. The highest BCUT2D eigenvalue weighted by Gasteiger charge is 2.46. The van der Waals surface area contributed by atoms with E-state index in [0.29, 0.717) is 12.0 Å². The Balaban J connectivity index is 1.75. The maximum absolute atomic E-state index is 12.7. The van der Waals surface area contributed by atoms with Crippen molar-refractivity contribution in [1.29, 1.82) is 0 Å². The summed E-state index contributed by atoms with van der Waals surface area (Å²) < 4.78 is 21.5. The van der Waals surface area contributed by atoms with Crippen LogP contribution in [-0.2, 0) is 35.0 Å². The molecule has 7 atom stereocenters. The molecule has 0 saturated carbocycles. The largest absolute Gasteiger partial charge is 0.508 e. The summed E-state index contributed by atoms with van der Waals surface area (Å²) in [7, 11) is 1.20. The second kappa shape index (κ2) is 13.8. The molecule has 0 bridgehead atoms. The lowest BCUT2D eigenvalue weighted by Crippen LogP contribution is -2.59. The molecule has 1 aliphatic carbocycles. The highest BCUT2D eigenvalue weighted by Crippen LogP contribution is 2.37. The molecule has 1 aromatic rings. The summed E-state index contributed by atoms with van der Waals surface area (Å²) in [6.45, 7) is -1.04. The maximum Gasteiger partial charge on any atom is 0.334 e. The van der Waals surface area contributed by atoms with E-state index in [2.05, 4.69) is 0 Å². The standard InChI is InChI=1S/C26H34O12/c1-35-25(34)17-6-7-19(37-26-24(33)23(32)22(31)20(13-28)38-26)16(8-10-27)18(17)12-21(30)36-11-9-14-2-4-15(29)5-3-14/h2-6,8,18-20,22-24,26-29,31-33H,7,9-13H2,1H3/b16-8+/t18-,19+,20+,22+,23-,24+,26+/m0/s1. The first-order chi connectivity index (χ1) is 18.2. The van der Waals surface area contributed by atoms with Gasteiger partial charge in [0.25, 0.3) is 0 Å². The van der Waals surface area contributed by atoms with Crippen molar-refractivity contribution >= 4 is 11.9 Å². The van der Waals surface area contributed by atoms with Crippen molar-refractivity contribution in [2.75, 3.05) is 26.9 Å². The zero-order chi connectivity index (χ0) is 27.8. The van der Waals surface area contributed by atoms with Crippen molar-refractivity contribution in [2.24, 2.45) is 5.92 Å². The minimum Gasteiger partial charge on any atom is -0.508 e. The Labute approximate surface area is 219 Å². The third-order valence-corrected chi connectivity index (χ3v) is 6.56. The number of aliphatic hydroxyl groups excluding tert-OH is 5. The number of phenols is 1. The Hall–Kier alpha value is -2.84. The van der Waals surface area contributed by atoms with Crippen LogP contribution in [0.15, 0.2) is 47.6 Å². The summed E-state index contributed by atoms with van der Waals surface area (Å²) in [6, 6.07) is 6.44. The highest BCUT2D eigenvalue weighted by atomic mass is 16.7. The van der Waals surface area contributed by atoms with E-state index in [-0.39, 0.29) is 30.8 Å². The Morgan fingerprint density at radius 2 is 1.79 bits per heavy atom. The number of ether oxygens (including phenoxy) is 4.